The van der Waals surface area contributed by atoms with Crippen LogP contribution in [0.3, 0.4) is 0 Å². The third-order valence-electron chi connectivity index (χ3n) is 3.50. The molecule has 25 heavy (non-hydrogen) atoms. The molecule has 0 radical (unpaired) electrons. The Balaban J connectivity index is 1.68. The molecule has 2 aromatic carbocycles. The highest BCUT2D eigenvalue weighted by atomic mass is 32.2. The molecular weight excluding hydrogens is 337 g/mol. The van der Waals surface area contributed by atoms with Gasteiger partial charge in [-0.1, -0.05) is 48.2 Å². The Morgan fingerprint density at radius 2 is 1.84 bits per heavy atom. The highest BCUT2D eigenvalue weighted by Crippen LogP contribution is 2.23. The fourth-order valence-corrected chi connectivity index (χ4v) is 3.16. The monoisotopic (exact) mass is 355 g/mol. The lowest BCUT2D eigenvalue weighted by Crippen LogP contribution is -2.07. The largest absolute Gasteiger partial charge is 0.486 e. The minimum absolute atomic E-state index is 0.232. The van der Waals surface area contributed by atoms with Gasteiger partial charge >= 0.3 is 0 Å². The first-order valence-electron chi connectivity index (χ1n) is 7.84. The van der Waals surface area contributed by atoms with Gasteiger partial charge in [0.1, 0.15) is 18.2 Å². The molecule has 0 aliphatic carbocycles. The van der Waals surface area contributed by atoms with Crippen LogP contribution in [0.5, 0.6) is 5.75 Å². The summed E-state index contributed by atoms with van der Waals surface area (Å²) in [5.74, 6) is 1.99. The zero-order valence-corrected chi connectivity index (χ0v) is 14.5. The van der Waals surface area contributed by atoms with E-state index in [0.29, 0.717) is 18.9 Å². The van der Waals surface area contributed by atoms with Crippen molar-refractivity contribution < 1.29 is 9.13 Å². The summed E-state index contributed by atoms with van der Waals surface area (Å²) in [5, 5.41) is 9.28. The number of allylic oxidation sites excluding steroid dienone is 1. The summed E-state index contributed by atoms with van der Waals surface area (Å²) in [6.45, 7) is 4.73. The third kappa shape index (κ3) is 4.70. The standard InChI is InChI=1S/C19H18FN3OS/c1-2-12-23-18(13-24-17-6-4-3-5-7-17)21-22-19(23)25-14-15-8-10-16(20)11-9-15/h2-11H,1,12-14H2. The average molecular weight is 355 g/mol. The molecule has 0 saturated heterocycles. The van der Waals surface area contributed by atoms with Gasteiger partial charge in [-0.3, -0.25) is 4.57 Å². The molecule has 1 aromatic heterocycles. The average Bonchev–Trinajstić information content (AvgIpc) is 3.03. The van der Waals surface area contributed by atoms with Crippen LogP contribution >= 0.6 is 11.8 Å². The molecule has 3 aromatic rings. The third-order valence-corrected chi connectivity index (χ3v) is 4.54. The highest BCUT2D eigenvalue weighted by molar-refractivity contribution is 7.98. The number of aromatic nitrogens is 3. The van der Waals surface area contributed by atoms with Gasteiger partial charge in [0.2, 0.25) is 0 Å². The van der Waals surface area contributed by atoms with E-state index in [4.69, 9.17) is 4.74 Å². The van der Waals surface area contributed by atoms with Crippen LogP contribution < -0.4 is 4.74 Å². The molecule has 0 saturated carbocycles. The van der Waals surface area contributed by atoms with Crippen molar-refractivity contribution in [1.82, 2.24) is 14.8 Å². The second-order valence-electron chi connectivity index (χ2n) is 5.31. The molecule has 0 spiro atoms. The maximum atomic E-state index is 13.0. The topological polar surface area (TPSA) is 39.9 Å². The predicted octanol–water partition coefficient (Wildman–Crippen LogP) is 4.47. The Labute approximate surface area is 150 Å². The maximum absolute atomic E-state index is 13.0. The molecule has 0 atom stereocenters. The second-order valence-corrected chi connectivity index (χ2v) is 6.26. The normalized spacial score (nSPS) is 10.6. The molecule has 0 amide bonds. The zero-order valence-electron chi connectivity index (χ0n) is 13.6. The van der Waals surface area contributed by atoms with Crippen molar-refractivity contribution in [1.29, 1.82) is 0 Å². The number of benzene rings is 2. The van der Waals surface area contributed by atoms with Crippen LogP contribution in [0.2, 0.25) is 0 Å². The Hall–Kier alpha value is -2.60. The van der Waals surface area contributed by atoms with Crippen LogP contribution in [-0.4, -0.2) is 14.8 Å². The van der Waals surface area contributed by atoms with Crippen molar-refractivity contribution in [2.45, 2.75) is 24.1 Å². The van der Waals surface area contributed by atoms with Gasteiger partial charge in [0.15, 0.2) is 11.0 Å². The first kappa shape index (κ1) is 17.2. The molecule has 128 valence electrons. The number of halogens is 1. The van der Waals surface area contributed by atoms with Crippen molar-refractivity contribution in [2.75, 3.05) is 0 Å². The summed E-state index contributed by atoms with van der Waals surface area (Å²) in [6.07, 6.45) is 1.80. The van der Waals surface area contributed by atoms with Crippen molar-refractivity contribution >= 4 is 11.8 Å². The van der Waals surface area contributed by atoms with E-state index in [1.165, 1.54) is 12.1 Å². The summed E-state index contributed by atoms with van der Waals surface area (Å²) >= 11 is 1.55. The summed E-state index contributed by atoms with van der Waals surface area (Å²) in [7, 11) is 0. The van der Waals surface area contributed by atoms with E-state index >= 15 is 0 Å². The summed E-state index contributed by atoms with van der Waals surface area (Å²) in [5.41, 5.74) is 1.03. The molecule has 6 heteroatoms. The molecule has 0 N–H and O–H groups in total. The van der Waals surface area contributed by atoms with Gasteiger partial charge in [0, 0.05) is 12.3 Å². The van der Waals surface area contributed by atoms with Gasteiger partial charge in [0.05, 0.1) is 0 Å². The molecule has 0 bridgehead atoms. The van der Waals surface area contributed by atoms with Gasteiger partial charge in [0.25, 0.3) is 0 Å². The minimum Gasteiger partial charge on any atom is -0.486 e. The Bertz CT molecular complexity index is 818. The van der Waals surface area contributed by atoms with Gasteiger partial charge in [-0.25, -0.2) is 4.39 Å². The smallest absolute Gasteiger partial charge is 0.191 e. The Morgan fingerprint density at radius 3 is 2.56 bits per heavy atom. The van der Waals surface area contributed by atoms with Crippen LogP contribution in [0.1, 0.15) is 11.4 Å². The van der Waals surface area contributed by atoms with Gasteiger partial charge in [-0.05, 0) is 29.8 Å². The van der Waals surface area contributed by atoms with E-state index in [2.05, 4.69) is 16.8 Å². The van der Waals surface area contributed by atoms with Crippen LogP contribution in [0.25, 0.3) is 0 Å². The summed E-state index contributed by atoms with van der Waals surface area (Å²) in [6, 6.07) is 16.1. The number of nitrogens with zero attached hydrogens (tertiary/aromatic N) is 3. The Kier molecular flexibility index (Phi) is 5.85. The van der Waals surface area contributed by atoms with Crippen molar-refractivity contribution in [3.8, 4) is 5.75 Å². The number of rotatable bonds is 8. The molecule has 0 aliphatic rings. The van der Waals surface area contributed by atoms with Gasteiger partial charge in [-0.2, -0.15) is 0 Å². The number of hydrogen-bond acceptors (Lipinski definition) is 4. The second kappa shape index (κ2) is 8.48. The zero-order chi connectivity index (χ0) is 17.5. The van der Waals surface area contributed by atoms with Crippen LogP contribution in [0, 0.1) is 5.82 Å². The van der Waals surface area contributed by atoms with Crippen molar-refractivity contribution in [2.24, 2.45) is 0 Å². The van der Waals surface area contributed by atoms with Crippen LogP contribution in [0.15, 0.2) is 72.4 Å². The lowest BCUT2D eigenvalue weighted by Gasteiger charge is -2.09. The van der Waals surface area contributed by atoms with Crippen molar-refractivity contribution in [3.63, 3.8) is 0 Å². The lowest BCUT2D eigenvalue weighted by atomic mass is 10.2. The van der Waals surface area contributed by atoms with E-state index < -0.39 is 0 Å². The van der Waals surface area contributed by atoms with Crippen LogP contribution in [0.4, 0.5) is 4.39 Å². The summed E-state index contributed by atoms with van der Waals surface area (Å²) < 4.78 is 20.7. The van der Waals surface area contributed by atoms with Gasteiger partial charge in [-0.15, -0.1) is 16.8 Å². The van der Waals surface area contributed by atoms with E-state index in [0.717, 1.165) is 22.3 Å². The lowest BCUT2D eigenvalue weighted by molar-refractivity contribution is 0.289. The van der Waals surface area contributed by atoms with E-state index in [9.17, 15) is 4.39 Å². The van der Waals surface area contributed by atoms with Crippen molar-refractivity contribution in [3.05, 3.63) is 84.5 Å². The molecule has 3 rings (SSSR count). The van der Waals surface area contributed by atoms with Gasteiger partial charge < -0.3 is 4.74 Å². The molecule has 4 nitrogen and oxygen atoms in total. The predicted molar refractivity (Wildman–Crippen MR) is 97.0 cm³/mol. The SMILES string of the molecule is C=CCn1c(COc2ccccc2)nnc1SCc1ccc(F)cc1. The molecule has 0 fully saturated rings. The maximum Gasteiger partial charge on any atom is 0.191 e. The van der Waals surface area contributed by atoms with E-state index in [-0.39, 0.29) is 5.82 Å². The molecule has 0 unspecified atom stereocenters. The quantitative estimate of drug-likeness (QED) is 0.441. The first-order valence-corrected chi connectivity index (χ1v) is 8.83. The van der Waals surface area contributed by atoms with E-state index in [1.54, 1.807) is 30.0 Å². The molecule has 1 heterocycles. The Morgan fingerprint density at radius 1 is 1.08 bits per heavy atom. The van der Waals surface area contributed by atoms with Crippen LogP contribution in [-0.2, 0) is 18.9 Å². The molecular formula is C19H18FN3OS. The fraction of sp³-hybridized carbons (Fsp3) is 0.158. The first-order chi connectivity index (χ1) is 12.3. The number of thioether (sulfide) groups is 1. The number of para-hydroxylation sites is 1. The molecule has 0 aliphatic heterocycles. The summed E-state index contributed by atoms with van der Waals surface area (Å²) in [4.78, 5) is 0. The minimum atomic E-state index is -0.232. The fourth-order valence-electron chi connectivity index (χ4n) is 2.24. The van der Waals surface area contributed by atoms with E-state index in [1.807, 2.05) is 34.9 Å². The highest BCUT2D eigenvalue weighted by Gasteiger charge is 2.12. The number of ether oxygens (including phenoxy) is 1. The number of hydrogen-bond donors (Lipinski definition) is 0.